The summed E-state index contributed by atoms with van der Waals surface area (Å²) in [6, 6.07) is 3.47. The molecular weight excluding hydrogens is 214 g/mol. The smallest absolute Gasteiger partial charge is 0.338 e. The molecule has 78 valence electrons. The fourth-order valence-corrected chi connectivity index (χ4v) is 1.63. The van der Waals surface area contributed by atoms with Crippen LogP contribution in [0.4, 0.5) is 0 Å². The fraction of sp³-hybridized carbons (Fsp3) is 0.273. The maximum Gasteiger partial charge on any atom is 0.338 e. The minimum atomic E-state index is -0.443. The molecule has 0 saturated carbocycles. The van der Waals surface area contributed by atoms with Gasteiger partial charge in [0.25, 0.3) is 0 Å². The molecule has 1 aromatic carbocycles. The summed E-state index contributed by atoms with van der Waals surface area (Å²) in [5, 5.41) is 9.14. The van der Waals surface area contributed by atoms with Gasteiger partial charge < -0.3 is 4.74 Å². The van der Waals surface area contributed by atoms with E-state index in [1.165, 1.54) is 13.2 Å². The van der Waals surface area contributed by atoms with Crippen LogP contribution in [0.5, 0.6) is 0 Å². The van der Waals surface area contributed by atoms with Crippen LogP contribution >= 0.6 is 11.6 Å². The zero-order chi connectivity index (χ0) is 11.6. The van der Waals surface area contributed by atoms with Crippen LogP contribution in [0.1, 0.15) is 27.0 Å². The Bertz CT molecular complexity index is 461. The van der Waals surface area contributed by atoms with E-state index in [0.717, 1.165) is 5.56 Å². The minimum Gasteiger partial charge on any atom is -0.465 e. The first kappa shape index (κ1) is 11.5. The largest absolute Gasteiger partial charge is 0.465 e. The van der Waals surface area contributed by atoms with Gasteiger partial charge in [-0.2, -0.15) is 5.26 Å². The number of hydrogen-bond acceptors (Lipinski definition) is 3. The normalized spacial score (nSPS) is 9.53. The number of esters is 1. The van der Waals surface area contributed by atoms with Gasteiger partial charge in [0.2, 0.25) is 0 Å². The van der Waals surface area contributed by atoms with E-state index in [1.807, 2.05) is 6.07 Å². The molecule has 0 radical (unpaired) electrons. The van der Waals surface area contributed by atoms with Crippen LogP contribution in [0.2, 0.25) is 5.02 Å². The van der Waals surface area contributed by atoms with Crippen LogP contribution in [-0.4, -0.2) is 13.1 Å². The molecule has 0 heterocycles. The van der Waals surface area contributed by atoms with Crippen molar-refractivity contribution >= 4 is 17.6 Å². The average molecular weight is 224 g/mol. The van der Waals surface area contributed by atoms with E-state index < -0.39 is 5.97 Å². The van der Waals surface area contributed by atoms with Crippen LogP contribution in [0, 0.1) is 25.2 Å². The summed E-state index contributed by atoms with van der Waals surface area (Å²) in [7, 11) is 1.31. The van der Waals surface area contributed by atoms with Gasteiger partial charge in [-0.25, -0.2) is 4.79 Å². The van der Waals surface area contributed by atoms with Gasteiger partial charge in [-0.3, -0.25) is 0 Å². The van der Waals surface area contributed by atoms with Crippen molar-refractivity contribution in [2.24, 2.45) is 0 Å². The molecule has 0 N–H and O–H groups in total. The molecule has 1 rings (SSSR count). The number of hydrogen-bond donors (Lipinski definition) is 0. The van der Waals surface area contributed by atoms with Crippen molar-refractivity contribution in [3.63, 3.8) is 0 Å². The van der Waals surface area contributed by atoms with Crippen molar-refractivity contribution in [3.8, 4) is 6.07 Å². The fourth-order valence-electron chi connectivity index (χ4n) is 1.34. The lowest BCUT2D eigenvalue weighted by atomic mass is 9.98. The van der Waals surface area contributed by atoms with Crippen molar-refractivity contribution in [3.05, 3.63) is 33.3 Å². The predicted molar refractivity (Wildman–Crippen MR) is 57.0 cm³/mol. The van der Waals surface area contributed by atoms with Gasteiger partial charge in [0.15, 0.2) is 0 Å². The van der Waals surface area contributed by atoms with Gasteiger partial charge in [0.1, 0.15) is 6.07 Å². The topological polar surface area (TPSA) is 50.1 Å². The highest BCUT2D eigenvalue weighted by atomic mass is 35.5. The van der Waals surface area contributed by atoms with E-state index in [2.05, 4.69) is 4.74 Å². The van der Waals surface area contributed by atoms with Crippen LogP contribution in [0.3, 0.4) is 0 Å². The third-order valence-electron chi connectivity index (χ3n) is 2.37. The van der Waals surface area contributed by atoms with Crippen molar-refractivity contribution in [2.75, 3.05) is 7.11 Å². The van der Waals surface area contributed by atoms with Crippen molar-refractivity contribution in [1.82, 2.24) is 0 Å². The van der Waals surface area contributed by atoms with Gasteiger partial charge in [0, 0.05) is 0 Å². The van der Waals surface area contributed by atoms with Gasteiger partial charge in [-0.1, -0.05) is 11.6 Å². The van der Waals surface area contributed by atoms with Crippen molar-refractivity contribution < 1.29 is 9.53 Å². The second-order valence-corrected chi connectivity index (χ2v) is 3.54. The van der Waals surface area contributed by atoms with E-state index in [1.54, 1.807) is 13.8 Å². The Morgan fingerprint density at radius 3 is 2.53 bits per heavy atom. The first-order valence-corrected chi connectivity index (χ1v) is 4.68. The Kier molecular flexibility index (Phi) is 3.33. The first-order chi connectivity index (χ1) is 7.02. The number of methoxy groups -OCH3 is 1. The summed E-state index contributed by atoms with van der Waals surface area (Å²) in [5.41, 5.74) is 2.24. The second-order valence-electron chi connectivity index (χ2n) is 3.13. The molecule has 0 spiro atoms. The molecule has 0 unspecified atom stereocenters. The zero-order valence-electron chi connectivity index (χ0n) is 8.72. The molecule has 3 nitrogen and oxygen atoms in total. The minimum absolute atomic E-state index is 0.279. The van der Waals surface area contributed by atoms with Gasteiger partial charge in [0.05, 0.1) is 23.3 Å². The molecule has 1 aromatic rings. The number of nitriles is 1. The maximum absolute atomic E-state index is 11.4. The quantitative estimate of drug-likeness (QED) is 0.688. The van der Waals surface area contributed by atoms with Crippen LogP contribution < -0.4 is 0 Å². The summed E-state index contributed by atoms with van der Waals surface area (Å²) < 4.78 is 4.62. The second kappa shape index (κ2) is 4.33. The zero-order valence-corrected chi connectivity index (χ0v) is 9.47. The molecule has 0 aromatic heterocycles. The summed E-state index contributed by atoms with van der Waals surface area (Å²) in [4.78, 5) is 11.4. The molecule has 0 amide bonds. The van der Waals surface area contributed by atoms with E-state index in [9.17, 15) is 4.79 Å². The highest BCUT2D eigenvalue weighted by Crippen LogP contribution is 2.25. The molecule has 0 atom stereocenters. The van der Waals surface area contributed by atoms with E-state index >= 15 is 0 Å². The molecule has 0 aliphatic rings. The molecule has 0 saturated heterocycles. The molecular formula is C11H10ClNO2. The molecule has 0 bridgehead atoms. The van der Waals surface area contributed by atoms with Gasteiger partial charge in [-0.15, -0.1) is 0 Å². The van der Waals surface area contributed by atoms with E-state index in [0.29, 0.717) is 16.7 Å². The third kappa shape index (κ3) is 1.95. The summed E-state index contributed by atoms with van der Waals surface area (Å²) >= 11 is 5.88. The van der Waals surface area contributed by atoms with Crippen LogP contribution in [-0.2, 0) is 4.74 Å². The maximum atomic E-state index is 11.4. The first-order valence-electron chi connectivity index (χ1n) is 4.31. The number of ether oxygens (including phenoxy) is 1. The predicted octanol–water partition coefficient (Wildman–Crippen LogP) is 2.62. The van der Waals surface area contributed by atoms with Crippen LogP contribution in [0.25, 0.3) is 0 Å². The van der Waals surface area contributed by atoms with Crippen molar-refractivity contribution in [2.45, 2.75) is 13.8 Å². The number of carbonyl (C=O) groups is 1. The molecule has 15 heavy (non-hydrogen) atoms. The van der Waals surface area contributed by atoms with E-state index in [-0.39, 0.29) is 5.02 Å². The molecule has 0 fully saturated rings. The Balaban J connectivity index is 3.49. The van der Waals surface area contributed by atoms with Crippen molar-refractivity contribution in [1.29, 1.82) is 5.26 Å². The van der Waals surface area contributed by atoms with Gasteiger partial charge in [-0.05, 0) is 31.0 Å². The summed E-state index contributed by atoms with van der Waals surface area (Å²) in [6.45, 7) is 3.52. The number of carbonyl (C=O) groups excluding carboxylic acids is 1. The number of benzene rings is 1. The standard InChI is InChI=1S/C11H10ClNO2/c1-6-7(2)9(5-13)10(12)4-8(6)11(14)15-3/h4H,1-3H3. The van der Waals surface area contributed by atoms with Crippen LogP contribution in [0.15, 0.2) is 6.07 Å². The Morgan fingerprint density at radius 1 is 1.47 bits per heavy atom. The number of rotatable bonds is 1. The average Bonchev–Trinajstić information content (AvgIpc) is 2.23. The molecule has 0 aliphatic carbocycles. The lowest BCUT2D eigenvalue weighted by molar-refractivity contribution is 0.0600. The Morgan fingerprint density at radius 2 is 2.07 bits per heavy atom. The highest BCUT2D eigenvalue weighted by molar-refractivity contribution is 6.32. The lowest BCUT2D eigenvalue weighted by Crippen LogP contribution is -2.06. The molecule has 4 heteroatoms. The Hall–Kier alpha value is -1.53. The number of nitrogens with zero attached hydrogens (tertiary/aromatic N) is 1. The summed E-state index contributed by atoms with van der Waals surface area (Å²) in [5.74, 6) is -0.443. The third-order valence-corrected chi connectivity index (χ3v) is 2.67. The lowest BCUT2D eigenvalue weighted by Gasteiger charge is -2.09. The Labute approximate surface area is 93.2 Å². The molecule has 0 aliphatic heterocycles. The van der Waals surface area contributed by atoms with Gasteiger partial charge >= 0.3 is 5.97 Å². The van der Waals surface area contributed by atoms with E-state index in [4.69, 9.17) is 16.9 Å². The SMILES string of the molecule is COC(=O)c1cc(Cl)c(C#N)c(C)c1C. The monoisotopic (exact) mass is 223 g/mol. The highest BCUT2D eigenvalue weighted by Gasteiger charge is 2.16. The summed E-state index contributed by atoms with van der Waals surface area (Å²) in [6.07, 6.45) is 0. The number of halogens is 1.